The molecule has 0 fully saturated rings. The van der Waals surface area contributed by atoms with Crippen LogP contribution in [-0.4, -0.2) is 55.0 Å². The number of allylic oxidation sites excluding steroid dienone is 4. The number of rotatable bonds is 37. The Morgan fingerprint density at radius 3 is 1.29 bits per heavy atom. The fraction of sp³-hybridized carbons (Fsp3) is 0.818. The van der Waals surface area contributed by atoms with Crippen molar-refractivity contribution in [3.05, 3.63) is 24.3 Å². The fourth-order valence-electron chi connectivity index (χ4n) is 6.71. The van der Waals surface area contributed by atoms with Gasteiger partial charge in [-0.15, -0.1) is 0 Å². The van der Waals surface area contributed by atoms with Gasteiger partial charge in [0.25, 0.3) is 0 Å². The Kier molecular flexibility index (Phi) is 32.7. The van der Waals surface area contributed by atoms with E-state index in [9.17, 15) is 19.2 Å². The van der Waals surface area contributed by atoms with E-state index in [0.29, 0.717) is 12.8 Å². The van der Waals surface area contributed by atoms with E-state index in [1.807, 2.05) is 0 Å². The summed E-state index contributed by atoms with van der Waals surface area (Å²) in [5.41, 5.74) is 5.44. The Hall–Kier alpha value is -2.48. The summed E-state index contributed by atoms with van der Waals surface area (Å²) in [4.78, 5) is 53.8. The van der Waals surface area contributed by atoms with E-state index < -0.39 is 29.6 Å². The highest BCUT2D eigenvalue weighted by Crippen LogP contribution is 2.31. The molecule has 0 aliphatic carbocycles. The van der Waals surface area contributed by atoms with Crippen molar-refractivity contribution in [2.45, 2.75) is 206 Å². The van der Waals surface area contributed by atoms with Crippen LogP contribution in [0.1, 0.15) is 201 Å². The van der Waals surface area contributed by atoms with Crippen LogP contribution in [0.15, 0.2) is 24.3 Å². The maximum Gasteiger partial charge on any atom is 0.408 e. The van der Waals surface area contributed by atoms with E-state index in [1.54, 1.807) is 19.0 Å². The van der Waals surface area contributed by atoms with Crippen molar-refractivity contribution in [2.75, 3.05) is 20.6 Å². The number of unbranched alkanes of at least 4 members (excludes halogenated alkanes) is 22. The van der Waals surface area contributed by atoms with Crippen molar-refractivity contribution in [3.63, 3.8) is 0 Å². The van der Waals surface area contributed by atoms with Crippen molar-refractivity contribution in [1.29, 1.82) is 0 Å². The largest absolute Gasteiger partial charge is 0.414 e. The number of carbonyl (C=O) groups excluding carboxylic acids is 4. The molecule has 8 nitrogen and oxygen atoms in total. The van der Waals surface area contributed by atoms with Crippen molar-refractivity contribution < 1.29 is 28.7 Å². The zero-order chi connectivity index (χ0) is 38.7. The Morgan fingerprint density at radius 2 is 0.923 bits per heavy atom. The number of primary amides is 1. The number of ketones is 2. The second kappa shape index (κ2) is 34.3. The van der Waals surface area contributed by atoms with Crippen LogP contribution < -0.4 is 5.73 Å². The van der Waals surface area contributed by atoms with E-state index in [-0.39, 0.29) is 25.2 Å². The minimum atomic E-state index is -2.37. The summed E-state index contributed by atoms with van der Waals surface area (Å²) in [6.07, 6.45) is 37.6. The van der Waals surface area contributed by atoms with Gasteiger partial charge in [-0.2, -0.15) is 0 Å². The number of amides is 1. The first-order valence-corrected chi connectivity index (χ1v) is 21.3. The quantitative estimate of drug-likeness (QED) is 0.0292. The van der Waals surface area contributed by atoms with Gasteiger partial charge in [0.15, 0.2) is 0 Å². The number of Topliss-reactive ketones (excluding diaryl/α,β-unsaturated/α-hetero) is 2. The molecule has 0 radical (unpaired) electrons. The van der Waals surface area contributed by atoms with Crippen LogP contribution in [0, 0.1) is 5.92 Å². The average molecular weight is 733 g/mol. The van der Waals surface area contributed by atoms with Crippen molar-refractivity contribution in [2.24, 2.45) is 11.7 Å². The molecule has 52 heavy (non-hydrogen) atoms. The number of carbonyl (C=O) groups is 4. The molecule has 0 rings (SSSR count). The number of nitrogens with two attached hydrogens (primary N) is 1. The summed E-state index contributed by atoms with van der Waals surface area (Å²) in [6.45, 7) is 5.71. The molecule has 0 aromatic carbocycles. The van der Waals surface area contributed by atoms with Crippen LogP contribution in [0.5, 0.6) is 0 Å². The molecule has 8 heteroatoms. The van der Waals surface area contributed by atoms with Gasteiger partial charge in [0.1, 0.15) is 11.7 Å². The normalized spacial score (nSPS) is 13.5. The van der Waals surface area contributed by atoms with Crippen molar-refractivity contribution in [1.82, 2.24) is 4.90 Å². The topological polar surface area (TPSA) is 116 Å². The van der Waals surface area contributed by atoms with Crippen LogP contribution in [-0.2, 0) is 23.9 Å². The smallest absolute Gasteiger partial charge is 0.408 e. The molecule has 0 heterocycles. The Labute approximate surface area is 319 Å². The Balaban J connectivity index is 4.88. The standard InChI is InChI=1S/C44H80N2O6/c1-6-8-10-12-14-16-18-20-22-24-26-28-30-32-34-36-41(48)40(38-46(4)5)44(51-39(3)47,52-43(45)50)42(49)37-35-33-31-29-27-25-23-21-19-17-15-13-11-9-7-2/h20-23,40H,6-19,24-38H2,1-5H3,(H2,45,50)/b22-20-,23-21-. The summed E-state index contributed by atoms with van der Waals surface area (Å²) in [5, 5.41) is 0. The van der Waals surface area contributed by atoms with E-state index in [4.69, 9.17) is 15.2 Å². The molecule has 2 N–H and O–H groups in total. The fourth-order valence-corrected chi connectivity index (χ4v) is 6.71. The minimum absolute atomic E-state index is 0.0172. The molecule has 0 bridgehead atoms. The van der Waals surface area contributed by atoms with E-state index in [1.165, 1.54) is 77.0 Å². The number of hydrogen-bond acceptors (Lipinski definition) is 7. The van der Waals surface area contributed by atoms with Crippen molar-refractivity contribution >= 4 is 23.6 Å². The van der Waals surface area contributed by atoms with Gasteiger partial charge in [-0.25, -0.2) is 4.79 Å². The van der Waals surface area contributed by atoms with E-state index in [2.05, 4.69) is 38.2 Å². The molecule has 0 aromatic heterocycles. The molecule has 302 valence electrons. The van der Waals surface area contributed by atoms with Gasteiger partial charge >= 0.3 is 17.8 Å². The third-order valence-electron chi connectivity index (χ3n) is 9.68. The summed E-state index contributed by atoms with van der Waals surface area (Å²) in [7, 11) is 3.53. The van der Waals surface area contributed by atoms with Crippen LogP contribution >= 0.6 is 0 Å². The first-order chi connectivity index (χ1) is 25.1. The summed E-state index contributed by atoms with van der Waals surface area (Å²) < 4.78 is 10.9. The molecular weight excluding hydrogens is 652 g/mol. The van der Waals surface area contributed by atoms with Crippen LogP contribution in [0.2, 0.25) is 0 Å². The lowest BCUT2D eigenvalue weighted by atomic mass is 9.85. The molecule has 0 spiro atoms. The van der Waals surface area contributed by atoms with Gasteiger partial charge in [-0.05, 0) is 78.3 Å². The predicted octanol–water partition coefficient (Wildman–Crippen LogP) is 11.7. The molecule has 0 saturated carbocycles. The lowest BCUT2D eigenvalue weighted by Crippen LogP contribution is -2.58. The average Bonchev–Trinajstić information content (AvgIpc) is 3.09. The highest BCUT2D eigenvalue weighted by atomic mass is 16.7. The molecule has 0 saturated heterocycles. The lowest BCUT2D eigenvalue weighted by Gasteiger charge is -2.37. The minimum Gasteiger partial charge on any atom is -0.414 e. The number of esters is 1. The Bertz CT molecular complexity index is 960. The molecule has 0 aromatic rings. The Morgan fingerprint density at radius 1 is 0.558 bits per heavy atom. The van der Waals surface area contributed by atoms with Gasteiger partial charge in [0.2, 0.25) is 5.78 Å². The van der Waals surface area contributed by atoms with Gasteiger partial charge < -0.3 is 20.1 Å². The van der Waals surface area contributed by atoms with Crippen LogP contribution in [0.4, 0.5) is 4.79 Å². The maximum atomic E-state index is 13.8. The zero-order valence-electron chi connectivity index (χ0n) is 34.4. The first-order valence-electron chi connectivity index (χ1n) is 21.3. The maximum absolute atomic E-state index is 13.8. The number of ether oxygens (including phenoxy) is 2. The molecule has 2 atom stereocenters. The van der Waals surface area contributed by atoms with Gasteiger partial charge in [0.05, 0.1) is 0 Å². The zero-order valence-corrected chi connectivity index (χ0v) is 34.4. The van der Waals surface area contributed by atoms with Gasteiger partial charge in [-0.3, -0.25) is 14.4 Å². The first kappa shape index (κ1) is 49.5. The van der Waals surface area contributed by atoms with Crippen molar-refractivity contribution in [3.8, 4) is 0 Å². The number of nitrogens with zero attached hydrogens (tertiary/aromatic N) is 1. The van der Waals surface area contributed by atoms with E-state index >= 15 is 0 Å². The highest BCUT2D eigenvalue weighted by molar-refractivity contribution is 5.96. The summed E-state index contributed by atoms with van der Waals surface area (Å²) in [5.74, 6) is -5.22. The molecule has 1 amide bonds. The summed E-state index contributed by atoms with van der Waals surface area (Å²) >= 11 is 0. The number of hydrogen-bond donors (Lipinski definition) is 1. The third kappa shape index (κ3) is 27.2. The molecule has 0 aliphatic heterocycles. The second-order valence-corrected chi connectivity index (χ2v) is 15.1. The third-order valence-corrected chi connectivity index (χ3v) is 9.68. The van der Waals surface area contributed by atoms with Gasteiger partial charge in [0, 0.05) is 26.3 Å². The molecule has 2 unspecified atom stereocenters. The van der Waals surface area contributed by atoms with Gasteiger partial charge in [-0.1, -0.05) is 141 Å². The summed E-state index contributed by atoms with van der Waals surface area (Å²) in [6, 6.07) is 0. The molecular formula is C44H80N2O6. The second-order valence-electron chi connectivity index (χ2n) is 15.1. The lowest BCUT2D eigenvalue weighted by molar-refractivity contribution is -0.223. The molecule has 0 aliphatic rings. The van der Waals surface area contributed by atoms with E-state index in [0.717, 1.165) is 84.0 Å². The SMILES string of the molecule is CCCCCCCC/C=C\CCCCCCCC(=O)C(CN(C)C)C(OC(C)=O)(OC(N)=O)C(=O)CCCCCCC/C=C\CCCCCCCC. The monoisotopic (exact) mass is 733 g/mol. The predicted molar refractivity (Wildman–Crippen MR) is 216 cm³/mol. The van der Waals surface area contributed by atoms with Crippen LogP contribution in [0.25, 0.3) is 0 Å². The van der Waals surface area contributed by atoms with Crippen LogP contribution in [0.3, 0.4) is 0 Å². The highest BCUT2D eigenvalue weighted by Gasteiger charge is 2.55.